The molecule has 1 amide bonds. The van der Waals surface area contributed by atoms with Gasteiger partial charge in [0.05, 0.1) is 18.6 Å². The van der Waals surface area contributed by atoms with Gasteiger partial charge in [0.15, 0.2) is 0 Å². The molecule has 0 saturated heterocycles. The first-order valence-corrected chi connectivity index (χ1v) is 8.66. The Kier molecular flexibility index (Phi) is 5.00. The predicted octanol–water partition coefficient (Wildman–Crippen LogP) is 3.20. The van der Waals surface area contributed by atoms with Crippen molar-refractivity contribution in [3.63, 3.8) is 0 Å². The Hall–Kier alpha value is -2.13. The summed E-state index contributed by atoms with van der Waals surface area (Å²) >= 11 is 0. The first kappa shape index (κ1) is 16.7. The van der Waals surface area contributed by atoms with Crippen molar-refractivity contribution < 1.29 is 9.90 Å². The summed E-state index contributed by atoms with van der Waals surface area (Å²) in [5.74, 6) is 0.579. The molecule has 0 fully saturated rings. The monoisotopic (exact) mass is 323 g/mol. The van der Waals surface area contributed by atoms with Gasteiger partial charge < -0.3 is 10.4 Å². The highest BCUT2D eigenvalue weighted by Crippen LogP contribution is 2.31. The highest BCUT2D eigenvalue weighted by atomic mass is 16.3. The molecule has 126 valence electrons. The molecule has 0 saturated carbocycles. The van der Waals surface area contributed by atoms with Crippen LogP contribution in [0.4, 0.5) is 0 Å². The van der Waals surface area contributed by atoms with E-state index in [1.807, 2.05) is 36.4 Å². The number of hydrogen-bond donors (Lipinski definition) is 2. The van der Waals surface area contributed by atoms with E-state index in [4.69, 9.17) is 0 Å². The molecule has 0 bridgehead atoms. The number of fused-ring (bicyclic) bond motifs is 1. The van der Waals surface area contributed by atoms with Gasteiger partial charge in [0.2, 0.25) is 5.91 Å². The molecule has 2 aromatic carbocycles. The largest absolute Gasteiger partial charge is 0.390 e. The van der Waals surface area contributed by atoms with Crippen molar-refractivity contribution in [3.05, 3.63) is 70.8 Å². The highest BCUT2D eigenvalue weighted by Gasteiger charge is 2.31. The summed E-state index contributed by atoms with van der Waals surface area (Å²) in [6.45, 7) is 4.40. The standard InChI is InChI=1S/C21H25NO2/c1-14(2)11-15-7-9-16(10-8-15)12-20(24)22-21-18-6-4-3-5-17(18)13-19(21)23/h3-10,14,19,21,23H,11-13H2,1-2H3,(H,22,24)/t19-,21+/m1/s1. The van der Waals surface area contributed by atoms with Crippen LogP contribution in [0.5, 0.6) is 0 Å². The fourth-order valence-corrected chi connectivity index (χ4v) is 3.42. The van der Waals surface area contributed by atoms with E-state index in [9.17, 15) is 9.90 Å². The van der Waals surface area contributed by atoms with E-state index in [1.165, 1.54) is 5.56 Å². The number of aliphatic hydroxyl groups is 1. The molecule has 0 aromatic heterocycles. The van der Waals surface area contributed by atoms with Gasteiger partial charge in [-0.25, -0.2) is 0 Å². The summed E-state index contributed by atoms with van der Waals surface area (Å²) < 4.78 is 0. The molecule has 0 unspecified atom stereocenters. The first-order chi connectivity index (χ1) is 11.5. The number of benzene rings is 2. The van der Waals surface area contributed by atoms with Crippen LogP contribution in [0.2, 0.25) is 0 Å². The molecule has 1 aliphatic carbocycles. The number of carbonyl (C=O) groups is 1. The Morgan fingerprint density at radius 2 is 1.79 bits per heavy atom. The van der Waals surface area contributed by atoms with Crippen molar-refractivity contribution in [1.82, 2.24) is 5.32 Å². The average molecular weight is 323 g/mol. The summed E-state index contributed by atoms with van der Waals surface area (Å²) in [6, 6.07) is 15.9. The molecular formula is C21H25NO2. The Bertz CT molecular complexity index is 706. The van der Waals surface area contributed by atoms with Crippen LogP contribution < -0.4 is 5.32 Å². The van der Waals surface area contributed by atoms with Crippen LogP contribution in [0.15, 0.2) is 48.5 Å². The molecule has 0 radical (unpaired) electrons. The summed E-state index contributed by atoms with van der Waals surface area (Å²) in [7, 11) is 0. The van der Waals surface area contributed by atoms with Gasteiger partial charge >= 0.3 is 0 Å². The van der Waals surface area contributed by atoms with E-state index < -0.39 is 6.10 Å². The molecule has 3 nitrogen and oxygen atoms in total. The SMILES string of the molecule is CC(C)Cc1ccc(CC(=O)N[C@H]2c3ccccc3C[C@H]2O)cc1. The van der Waals surface area contributed by atoms with Gasteiger partial charge in [-0.2, -0.15) is 0 Å². The van der Waals surface area contributed by atoms with E-state index in [2.05, 4.69) is 31.3 Å². The quantitative estimate of drug-likeness (QED) is 0.888. The van der Waals surface area contributed by atoms with Gasteiger partial charge in [-0.05, 0) is 34.6 Å². The van der Waals surface area contributed by atoms with Crippen LogP contribution in [0, 0.1) is 5.92 Å². The number of amides is 1. The minimum Gasteiger partial charge on any atom is -0.390 e. The van der Waals surface area contributed by atoms with Crippen molar-refractivity contribution in [2.24, 2.45) is 5.92 Å². The van der Waals surface area contributed by atoms with Crippen molar-refractivity contribution in [3.8, 4) is 0 Å². The van der Waals surface area contributed by atoms with Crippen LogP contribution in [0.1, 0.15) is 42.1 Å². The lowest BCUT2D eigenvalue weighted by molar-refractivity contribution is -0.121. The minimum atomic E-state index is -0.542. The molecule has 2 aromatic rings. The van der Waals surface area contributed by atoms with E-state index in [1.54, 1.807) is 0 Å². The Morgan fingerprint density at radius 1 is 1.12 bits per heavy atom. The van der Waals surface area contributed by atoms with Crippen molar-refractivity contribution in [1.29, 1.82) is 0 Å². The van der Waals surface area contributed by atoms with Crippen molar-refractivity contribution >= 4 is 5.91 Å². The third-order valence-electron chi connectivity index (χ3n) is 4.55. The topological polar surface area (TPSA) is 49.3 Å². The van der Waals surface area contributed by atoms with E-state index >= 15 is 0 Å². The van der Waals surface area contributed by atoms with Crippen molar-refractivity contribution in [2.45, 2.75) is 45.3 Å². The number of aliphatic hydroxyl groups excluding tert-OH is 1. The van der Waals surface area contributed by atoms with Crippen LogP contribution in [-0.2, 0) is 24.1 Å². The maximum absolute atomic E-state index is 12.4. The second-order valence-corrected chi connectivity index (χ2v) is 7.11. The maximum atomic E-state index is 12.4. The summed E-state index contributed by atoms with van der Waals surface area (Å²) in [5, 5.41) is 13.2. The zero-order valence-electron chi connectivity index (χ0n) is 14.3. The first-order valence-electron chi connectivity index (χ1n) is 8.66. The highest BCUT2D eigenvalue weighted by molar-refractivity contribution is 5.79. The molecule has 0 heterocycles. The lowest BCUT2D eigenvalue weighted by Gasteiger charge is -2.18. The molecule has 3 rings (SSSR count). The van der Waals surface area contributed by atoms with E-state index in [0.29, 0.717) is 18.8 Å². The van der Waals surface area contributed by atoms with Gasteiger partial charge in [0, 0.05) is 6.42 Å². The molecule has 3 heteroatoms. The predicted molar refractivity (Wildman–Crippen MR) is 95.7 cm³/mol. The zero-order valence-corrected chi connectivity index (χ0v) is 14.3. The molecule has 0 aliphatic heterocycles. The van der Waals surface area contributed by atoms with Crippen LogP contribution in [0.3, 0.4) is 0 Å². The third kappa shape index (κ3) is 3.85. The number of rotatable bonds is 5. The Morgan fingerprint density at radius 3 is 2.50 bits per heavy atom. The Balaban J connectivity index is 1.62. The average Bonchev–Trinajstić information content (AvgIpc) is 2.85. The fourth-order valence-electron chi connectivity index (χ4n) is 3.42. The number of carbonyl (C=O) groups excluding carboxylic acids is 1. The van der Waals surface area contributed by atoms with E-state index in [0.717, 1.165) is 23.1 Å². The van der Waals surface area contributed by atoms with Gasteiger partial charge in [-0.1, -0.05) is 62.4 Å². The summed E-state index contributed by atoms with van der Waals surface area (Å²) in [6.07, 6.45) is 1.45. The summed E-state index contributed by atoms with van der Waals surface area (Å²) in [4.78, 5) is 12.4. The number of nitrogens with one attached hydrogen (secondary N) is 1. The zero-order chi connectivity index (χ0) is 17.1. The smallest absolute Gasteiger partial charge is 0.224 e. The normalized spacial score (nSPS) is 19.3. The van der Waals surface area contributed by atoms with Gasteiger partial charge in [0.1, 0.15) is 0 Å². The van der Waals surface area contributed by atoms with Gasteiger partial charge in [0.25, 0.3) is 0 Å². The second-order valence-electron chi connectivity index (χ2n) is 7.11. The molecule has 2 atom stereocenters. The third-order valence-corrected chi connectivity index (χ3v) is 4.55. The molecule has 24 heavy (non-hydrogen) atoms. The minimum absolute atomic E-state index is 0.0487. The van der Waals surface area contributed by atoms with Crippen molar-refractivity contribution in [2.75, 3.05) is 0 Å². The maximum Gasteiger partial charge on any atom is 0.224 e. The molecular weight excluding hydrogens is 298 g/mol. The van der Waals surface area contributed by atoms with Crippen LogP contribution >= 0.6 is 0 Å². The fraction of sp³-hybridized carbons (Fsp3) is 0.381. The molecule has 1 aliphatic rings. The second kappa shape index (κ2) is 7.18. The van der Waals surface area contributed by atoms with Crippen LogP contribution in [-0.4, -0.2) is 17.1 Å². The van der Waals surface area contributed by atoms with Gasteiger partial charge in [-0.3, -0.25) is 4.79 Å². The molecule has 2 N–H and O–H groups in total. The lowest BCUT2D eigenvalue weighted by Crippen LogP contribution is -2.34. The molecule has 0 spiro atoms. The lowest BCUT2D eigenvalue weighted by atomic mass is 10.0. The number of hydrogen-bond acceptors (Lipinski definition) is 2. The van der Waals surface area contributed by atoms with Crippen LogP contribution in [0.25, 0.3) is 0 Å². The summed E-state index contributed by atoms with van der Waals surface area (Å²) in [5.41, 5.74) is 4.45. The Labute approximate surface area is 143 Å². The van der Waals surface area contributed by atoms with E-state index in [-0.39, 0.29) is 11.9 Å². The van der Waals surface area contributed by atoms with Gasteiger partial charge in [-0.15, -0.1) is 0 Å².